The molecule has 1 aromatic heterocycles. The summed E-state index contributed by atoms with van der Waals surface area (Å²) >= 11 is 0. The third-order valence-electron chi connectivity index (χ3n) is 2.93. The molecule has 2 aromatic carbocycles. The molecule has 94 valence electrons. The smallest absolute Gasteiger partial charge is 0.172 e. The first-order valence-electron chi connectivity index (χ1n) is 5.99. The maximum absolute atomic E-state index is 5.38. The highest BCUT2D eigenvalue weighted by atomic mass is 16.5. The quantitative estimate of drug-likeness (QED) is 0.718. The second-order valence-corrected chi connectivity index (χ2v) is 4.06. The van der Waals surface area contributed by atoms with Gasteiger partial charge >= 0.3 is 0 Å². The van der Waals surface area contributed by atoms with Crippen molar-refractivity contribution in [2.24, 2.45) is 0 Å². The Hall–Kier alpha value is -2.62. The van der Waals surface area contributed by atoms with Gasteiger partial charge in [-0.15, -0.1) is 10.2 Å². The average Bonchev–Trinajstić information content (AvgIpc) is 2.97. The first-order chi connectivity index (χ1) is 9.40. The summed E-state index contributed by atoms with van der Waals surface area (Å²) in [6.07, 6.45) is 1.71. The molecule has 0 unspecified atom stereocenters. The largest absolute Gasteiger partial charge is 0.496 e. The van der Waals surface area contributed by atoms with Gasteiger partial charge in [-0.25, -0.2) is 0 Å². The zero-order valence-corrected chi connectivity index (χ0v) is 10.5. The average molecular weight is 251 g/mol. The van der Waals surface area contributed by atoms with Gasteiger partial charge in [0.2, 0.25) is 0 Å². The number of nitrogens with zero attached hydrogens (tertiary/aromatic N) is 3. The van der Waals surface area contributed by atoms with Crippen molar-refractivity contribution in [2.45, 2.75) is 0 Å². The van der Waals surface area contributed by atoms with E-state index in [-0.39, 0.29) is 0 Å². The summed E-state index contributed by atoms with van der Waals surface area (Å²) in [7, 11) is 1.65. The van der Waals surface area contributed by atoms with Gasteiger partial charge in [-0.3, -0.25) is 4.57 Å². The van der Waals surface area contributed by atoms with E-state index in [0.717, 1.165) is 22.8 Å². The molecule has 3 rings (SSSR count). The first-order valence-corrected chi connectivity index (χ1v) is 5.99. The van der Waals surface area contributed by atoms with Crippen molar-refractivity contribution in [2.75, 3.05) is 7.11 Å². The highest BCUT2D eigenvalue weighted by Gasteiger charge is 2.12. The van der Waals surface area contributed by atoms with E-state index in [0.29, 0.717) is 0 Å². The van der Waals surface area contributed by atoms with Crippen molar-refractivity contribution < 1.29 is 4.74 Å². The fourth-order valence-corrected chi connectivity index (χ4v) is 2.03. The van der Waals surface area contributed by atoms with Gasteiger partial charge in [0, 0.05) is 5.69 Å². The topological polar surface area (TPSA) is 39.9 Å². The van der Waals surface area contributed by atoms with Gasteiger partial charge < -0.3 is 4.74 Å². The molecule has 0 saturated carbocycles. The Morgan fingerprint density at radius 2 is 1.68 bits per heavy atom. The van der Waals surface area contributed by atoms with Crippen molar-refractivity contribution in [3.63, 3.8) is 0 Å². The minimum atomic E-state index is 0.767. The van der Waals surface area contributed by atoms with Crippen LogP contribution in [0.3, 0.4) is 0 Å². The number of hydrogen-bond donors (Lipinski definition) is 0. The second-order valence-electron chi connectivity index (χ2n) is 4.06. The molecule has 1 heterocycles. The van der Waals surface area contributed by atoms with Gasteiger partial charge in [-0.1, -0.05) is 30.3 Å². The molecule has 4 heteroatoms. The lowest BCUT2D eigenvalue weighted by Gasteiger charge is -2.09. The van der Waals surface area contributed by atoms with E-state index < -0.39 is 0 Å². The van der Waals surface area contributed by atoms with E-state index >= 15 is 0 Å². The van der Waals surface area contributed by atoms with Crippen LogP contribution in [0.2, 0.25) is 0 Å². The fourth-order valence-electron chi connectivity index (χ4n) is 2.03. The Morgan fingerprint density at radius 3 is 2.47 bits per heavy atom. The minimum absolute atomic E-state index is 0.767. The third kappa shape index (κ3) is 2.08. The number of para-hydroxylation sites is 2. The molecule has 0 radical (unpaired) electrons. The lowest BCUT2D eigenvalue weighted by atomic mass is 10.2. The van der Waals surface area contributed by atoms with Crippen LogP contribution in [0.5, 0.6) is 5.75 Å². The van der Waals surface area contributed by atoms with E-state index in [4.69, 9.17) is 4.74 Å². The van der Waals surface area contributed by atoms with Crippen LogP contribution in [0, 0.1) is 0 Å². The molecule has 0 aliphatic carbocycles. The van der Waals surface area contributed by atoms with Crippen LogP contribution in [0.25, 0.3) is 17.1 Å². The summed E-state index contributed by atoms with van der Waals surface area (Å²) < 4.78 is 7.32. The van der Waals surface area contributed by atoms with Crippen LogP contribution in [-0.4, -0.2) is 21.9 Å². The maximum Gasteiger partial charge on any atom is 0.172 e. The fraction of sp³-hybridized carbons (Fsp3) is 0.0667. The normalized spacial score (nSPS) is 10.4. The van der Waals surface area contributed by atoms with Gasteiger partial charge in [0.05, 0.1) is 12.7 Å². The zero-order chi connectivity index (χ0) is 13.1. The molecular formula is C15H13N3O. The zero-order valence-electron chi connectivity index (χ0n) is 10.5. The molecule has 0 fully saturated rings. The molecule has 0 aliphatic heterocycles. The summed E-state index contributed by atoms with van der Waals surface area (Å²) in [6.45, 7) is 0. The standard InChI is InChI=1S/C15H13N3O/c1-19-14-10-6-5-9-13(14)15-17-16-11-18(15)12-7-3-2-4-8-12/h2-11H,1H3. The van der Waals surface area contributed by atoms with Crippen LogP contribution in [0.4, 0.5) is 0 Å². The number of aromatic nitrogens is 3. The summed E-state index contributed by atoms with van der Waals surface area (Å²) in [5.74, 6) is 1.55. The van der Waals surface area contributed by atoms with Crippen LogP contribution in [-0.2, 0) is 0 Å². The highest BCUT2D eigenvalue weighted by Crippen LogP contribution is 2.29. The minimum Gasteiger partial charge on any atom is -0.496 e. The molecule has 0 aliphatic rings. The van der Waals surface area contributed by atoms with Crippen LogP contribution < -0.4 is 4.74 Å². The van der Waals surface area contributed by atoms with Crippen molar-refractivity contribution in [1.82, 2.24) is 14.8 Å². The van der Waals surface area contributed by atoms with Crippen molar-refractivity contribution in [3.8, 4) is 22.8 Å². The maximum atomic E-state index is 5.38. The highest BCUT2D eigenvalue weighted by molar-refractivity contribution is 5.65. The molecule has 19 heavy (non-hydrogen) atoms. The molecule has 3 aromatic rings. The van der Waals surface area contributed by atoms with E-state index in [9.17, 15) is 0 Å². The molecule has 4 nitrogen and oxygen atoms in total. The van der Waals surface area contributed by atoms with Gasteiger partial charge in [0.15, 0.2) is 5.82 Å². The van der Waals surface area contributed by atoms with Gasteiger partial charge in [-0.2, -0.15) is 0 Å². The predicted molar refractivity (Wildman–Crippen MR) is 73.3 cm³/mol. The Balaban J connectivity index is 2.15. The number of methoxy groups -OCH3 is 1. The molecule has 0 bridgehead atoms. The summed E-state index contributed by atoms with van der Waals surface area (Å²) in [6, 6.07) is 17.8. The monoisotopic (exact) mass is 251 g/mol. The molecule has 0 spiro atoms. The number of benzene rings is 2. The Labute approximate surface area is 111 Å². The lowest BCUT2D eigenvalue weighted by molar-refractivity contribution is 0.416. The van der Waals surface area contributed by atoms with E-state index in [1.165, 1.54) is 0 Å². The summed E-state index contributed by atoms with van der Waals surface area (Å²) in [5.41, 5.74) is 1.94. The second kappa shape index (κ2) is 4.94. The summed E-state index contributed by atoms with van der Waals surface area (Å²) in [5, 5.41) is 8.21. The third-order valence-corrected chi connectivity index (χ3v) is 2.93. The Morgan fingerprint density at radius 1 is 0.947 bits per heavy atom. The van der Waals surface area contributed by atoms with Crippen molar-refractivity contribution in [3.05, 3.63) is 60.9 Å². The van der Waals surface area contributed by atoms with Gasteiger partial charge in [0.1, 0.15) is 12.1 Å². The molecule has 0 N–H and O–H groups in total. The van der Waals surface area contributed by atoms with Gasteiger partial charge in [-0.05, 0) is 24.3 Å². The number of rotatable bonds is 3. The van der Waals surface area contributed by atoms with E-state index in [2.05, 4.69) is 10.2 Å². The van der Waals surface area contributed by atoms with E-state index in [1.54, 1.807) is 13.4 Å². The van der Waals surface area contributed by atoms with Gasteiger partial charge in [0.25, 0.3) is 0 Å². The number of ether oxygens (including phenoxy) is 1. The Kier molecular flexibility index (Phi) is 2.98. The molecular weight excluding hydrogens is 238 g/mol. The first kappa shape index (κ1) is 11.5. The lowest BCUT2D eigenvalue weighted by Crippen LogP contribution is -1.97. The predicted octanol–water partition coefficient (Wildman–Crippen LogP) is 2.94. The molecule has 0 amide bonds. The molecule has 0 saturated heterocycles. The number of hydrogen-bond acceptors (Lipinski definition) is 3. The van der Waals surface area contributed by atoms with Crippen LogP contribution >= 0.6 is 0 Å². The van der Waals surface area contributed by atoms with Crippen LogP contribution in [0.1, 0.15) is 0 Å². The summed E-state index contributed by atoms with van der Waals surface area (Å²) in [4.78, 5) is 0. The molecule has 0 atom stereocenters. The van der Waals surface area contributed by atoms with Crippen molar-refractivity contribution in [1.29, 1.82) is 0 Å². The Bertz CT molecular complexity index is 677. The SMILES string of the molecule is COc1ccccc1-c1nncn1-c1ccccc1. The van der Waals surface area contributed by atoms with Crippen LogP contribution in [0.15, 0.2) is 60.9 Å². The van der Waals surface area contributed by atoms with Crippen molar-refractivity contribution >= 4 is 0 Å². The van der Waals surface area contributed by atoms with E-state index in [1.807, 2.05) is 59.2 Å².